The van der Waals surface area contributed by atoms with Gasteiger partial charge in [-0.1, -0.05) is 18.2 Å². The molecule has 2 heterocycles. The van der Waals surface area contributed by atoms with Gasteiger partial charge >= 0.3 is 19.4 Å². The van der Waals surface area contributed by atoms with Crippen LogP contribution in [0.1, 0.15) is 27.0 Å². The van der Waals surface area contributed by atoms with Crippen LogP contribution in [0.4, 0.5) is 4.39 Å². The van der Waals surface area contributed by atoms with Gasteiger partial charge in [0.2, 0.25) is 4.58 Å². The number of nitrogens with zero attached hydrogens (tertiary/aromatic N) is 1. The third-order valence-corrected chi connectivity index (χ3v) is 7.42. The smallest absolute Gasteiger partial charge is 0.459 e. The molecule has 1 saturated heterocycles. The molecule has 6 atom stereocenters. The van der Waals surface area contributed by atoms with E-state index in [1.165, 1.54) is 19.1 Å². The van der Waals surface area contributed by atoms with Gasteiger partial charge in [-0.15, -0.1) is 0 Å². The molecule has 0 spiro atoms. The van der Waals surface area contributed by atoms with Gasteiger partial charge in [0.15, 0.2) is 6.23 Å². The number of alkyl halides is 2. The Hall–Kier alpha value is -2.35. The molecule has 0 bridgehead atoms. The average Bonchev–Trinajstić information content (AvgIpc) is 3.01. The topological polar surface area (TPSA) is 158 Å². The number of aliphatic hydroxyl groups is 1. The van der Waals surface area contributed by atoms with E-state index in [2.05, 4.69) is 21.0 Å². The van der Waals surface area contributed by atoms with Crippen molar-refractivity contribution in [1.82, 2.24) is 14.6 Å². The van der Waals surface area contributed by atoms with Gasteiger partial charge in [-0.2, -0.15) is 5.09 Å². The number of nitrogens with one attached hydrogen (secondary N) is 2. The van der Waals surface area contributed by atoms with Gasteiger partial charge < -0.3 is 19.1 Å². The fourth-order valence-corrected chi connectivity index (χ4v) is 5.35. The number of carbonyl (C=O) groups excluding carboxylic acids is 1. The van der Waals surface area contributed by atoms with E-state index < -0.39 is 66.7 Å². The van der Waals surface area contributed by atoms with Gasteiger partial charge in [-0.25, -0.2) is 13.8 Å². The molecule has 3 rings (SSSR count). The molecule has 1 fully saturated rings. The molecular weight excluding hydrogens is 568 g/mol. The summed E-state index contributed by atoms with van der Waals surface area (Å²) in [5, 5.41) is 13.0. The third-order valence-electron chi connectivity index (χ3n) is 4.92. The maximum Gasteiger partial charge on any atom is 0.459 e. The molecule has 36 heavy (non-hydrogen) atoms. The second kappa shape index (κ2) is 11.4. The van der Waals surface area contributed by atoms with Crippen LogP contribution in [0.3, 0.4) is 0 Å². The summed E-state index contributed by atoms with van der Waals surface area (Å²) in [6, 6.07) is 7.79. The molecule has 0 aliphatic carbocycles. The molecule has 2 aromatic rings. The van der Waals surface area contributed by atoms with Crippen molar-refractivity contribution in [2.75, 3.05) is 6.61 Å². The standard InChI is InChI=1S/C21H26BrFN3O9P/c1-12(2)33-18(29)13(3)25-36(31,35-14-7-5-4-6-8-14)32-11-15-17(28)21(22,23)19(34-15)26-10-9-16(27)24-20(26)30/h4-10,12-13,15,17,19,28H,11H2,1-3H3,(H,25,31)(H,24,27,30)/t13-,15+,17?,19+,21+,36-/m0/s1. The average molecular weight is 594 g/mol. The largest absolute Gasteiger partial charge is 0.462 e. The van der Waals surface area contributed by atoms with Crippen LogP contribution in [0, 0.1) is 0 Å². The Morgan fingerprint density at radius 3 is 2.58 bits per heavy atom. The quantitative estimate of drug-likeness (QED) is 0.211. The lowest BCUT2D eigenvalue weighted by Gasteiger charge is -2.25. The first-order valence-electron chi connectivity index (χ1n) is 10.8. The number of para-hydroxylation sites is 1. The highest BCUT2D eigenvalue weighted by atomic mass is 79.9. The van der Waals surface area contributed by atoms with Crippen molar-refractivity contribution >= 4 is 29.6 Å². The Kier molecular flexibility index (Phi) is 8.91. The minimum Gasteiger partial charge on any atom is -0.462 e. The second-order valence-electron chi connectivity index (χ2n) is 8.20. The van der Waals surface area contributed by atoms with Gasteiger partial charge in [0.25, 0.3) is 5.56 Å². The number of halogens is 2. The monoisotopic (exact) mass is 593 g/mol. The van der Waals surface area contributed by atoms with E-state index in [9.17, 15) is 24.1 Å². The van der Waals surface area contributed by atoms with E-state index in [0.29, 0.717) is 0 Å². The number of esters is 1. The summed E-state index contributed by atoms with van der Waals surface area (Å²) < 4.78 is 48.5. The fourth-order valence-electron chi connectivity index (χ4n) is 3.22. The van der Waals surface area contributed by atoms with Crippen molar-refractivity contribution in [3.8, 4) is 5.75 Å². The SMILES string of the molecule is CC(C)OC(=O)[C@H](C)N[P@](=O)(OC[C@H]1O[C@@H](n2ccc(=O)[nH]c2=O)[C@@](F)(Br)C1O)Oc1ccccc1. The van der Waals surface area contributed by atoms with E-state index in [-0.39, 0.29) is 5.75 Å². The highest BCUT2D eigenvalue weighted by Gasteiger charge is 2.57. The van der Waals surface area contributed by atoms with E-state index in [1.54, 1.807) is 32.0 Å². The number of H-pyrrole nitrogens is 1. The van der Waals surface area contributed by atoms with Gasteiger partial charge in [-0.3, -0.25) is 23.7 Å². The Morgan fingerprint density at radius 1 is 1.31 bits per heavy atom. The van der Waals surface area contributed by atoms with Crippen LogP contribution in [-0.2, 0) is 23.4 Å². The maximum absolute atomic E-state index is 15.3. The van der Waals surface area contributed by atoms with Gasteiger partial charge in [-0.05, 0) is 48.8 Å². The number of rotatable bonds is 10. The zero-order valence-corrected chi connectivity index (χ0v) is 22.0. The first-order valence-corrected chi connectivity index (χ1v) is 13.2. The molecule has 1 aromatic heterocycles. The molecule has 198 valence electrons. The van der Waals surface area contributed by atoms with Crippen LogP contribution in [-0.4, -0.2) is 56.2 Å². The van der Waals surface area contributed by atoms with Crippen LogP contribution in [0.15, 0.2) is 52.2 Å². The lowest BCUT2D eigenvalue weighted by Crippen LogP contribution is -2.41. The summed E-state index contributed by atoms with van der Waals surface area (Å²) in [5.41, 5.74) is -1.68. The van der Waals surface area contributed by atoms with Crippen LogP contribution in [0.5, 0.6) is 5.75 Å². The third kappa shape index (κ3) is 6.69. The van der Waals surface area contributed by atoms with Crippen molar-refractivity contribution in [3.63, 3.8) is 0 Å². The van der Waals surface area contributed by atoms with Crippen LogP contribution < -0.4 is 20.9 Å². The molecule has 15 heteroatoms. The minimum absolute atomic E-state index is 0.142. The molecular formula is C21H26BrFN3O9P. The van der Waals surface area contributed by atoms with Crippen LogP contribution >= 0.6 is 23.7 Å². The van der Waals surface area contributed by atoms with Crippen molar-refractivity contribution in [1.29, 1.82) is 0 Å². The number of carbonyl (C=O) groups is 1. The van der Waals surface area contributed by atoms with Gasteiger partial charge in [0, 0.05) is 12.3 Å². The van der Waals surface area contributed by atoms with Crippen molar-refractivity contribution in [2.24, 2.45) is 0 Å². The van der Waals surface area contributed by atoms with E-state index in [1.807, 2.05) is 4.98 Å². The maximum atomic E-state index is 15.3. The van der Waals surface area contributed by atoms with Gasteiger partial charge in [0.1, 0.15) is 24.0 Å². The second-order valence-corrected chi connectivity index (χ2v) is 11.1. The van der Waals surface area contributed by atoms with E-state index >= 15 is 4.39 Å². The van der Waals surface area contributed by atoms with Crippen LogP contribution in [0.2, 0.25) is 0 Å². The van der Waals surface area contributed by atoms with E-state index in [4.69, 9.17) is 18.5 Å². The number of ether oxygens (including phenoxy) is 2. The Labute approximate surface area is 213 Å². The number of aromatic amines is 1. The minimum atomic E-state index is -4.32. The molecule has 1 aromatic carbocycles. The Morgan fingerprint density at radius 2 is 1.97 bits per heavy atom. The zero-order valence-electron chi connectivity index (χ0n) is 19.5. The van der Waals surface area contributed by atoms with Crippen LogP contribution in [0.25, 0.3) is 0 Å². The number of aromatic nitrogens is 2. The molecule has 3 N–H and O–H groups in total. The molecule has 12 nitrogen and oxygen atoms in total. The fraction of sp³-hybridized carbons (Fsp3) is 0.476. The first kappa shape index (κ1) is 28.2. The van der Waals surface area contributed by atoms with Gasteiger partial charge in [0.05, 0.1) is 12.7 Å². The predicted octanol–water partition coefficient (Wildman–Crippen LogP) is 1.99. The Balaban J connectivity index is 1.80. The summed E-state index contributed by atoms with van der Waals surface area (Å²) in [6.07, 6.45) is -4.46. The van der Waals surface area contributed by atoms with E-state index in [0.717, 1.165) is 16.8 Å². The molecule has 1 unspecified atom stereocenters. The van der Waals surface area contributed by atoms with Crippen molar-refractivity contribution < 1.29 is 37.4 Å². The summed E-state index contributed by atoms with van der Waals surface area (Å²) in [4.78, 5) is 37.7. The molecule has 1 aliphatic heterocycles. The van der Waals surface area contributed by atoms with Crippen molar-refractivity contribution in [2.45, 2.75) is 55.9 Å². The lowest BCUT2D eigenvalue weighted by molar-refractivity contribution is -0.149. The highest BCUT2D eigenvalue weighted by Crippen LogP contribution is 2.49. The summed E-state index contributed by atoms with van der Waals surface area (Å²) in [6.45, 7) is 4.01. The normalized spacial score (nSPS) is 26.4. The number of benzene rings is 1. The number of hydrogen-bond acceptors (Lipinski definition) is 9. The predicted molar refractivity (Wildman–Crippen MR) is 128 cm³/mol. The first-order chi connectivity index (χ1) is 16.8. The molecule has 0 saturated carbocycles. The number of hydrogen-bond donors (Lipinski definition) is 3. The highest BCUT2D eigenvalue weighted by molar-refractivity contribution is 9.10. The Bertz CT molecular complexity index is 1220. The van der Waals surface area contributed by atoms with Crippen molar-refractivity contribution in [3.05, 3.63) is 63.4 Å². The zero-order chi connectivity index (χ0) is 26.7. The molecule has 0 radical (unpaired) electrons. The number of aliphatic hydroxyl groups excluding tert-OH is 1. The molecule has 0 amide bonds. The summed E-state index contributed by atoms with van der Waals surface area (Å²) >= 11 is 2.73. The molecule has 1 aliphatic rings. The summed E-state index contributed by atoms with van der Waals surface area (Å²) in [7, 11) is -4.32. The lowest BCUT2D eigenvalue weighted by atomic mass is 10.1. The summed E-state index contributed by atoms with van der Waals surface area (Å²) in [5.74, 6) is -0.577.